The zero-order chi connectivity index (χ0) is 18.7. The van der Waals surface area contributed by atoms with Crippen molar-refractivity contribution in [2.75, 3.05) is 19.5 Å². The number of fused-ring (bicyclic) bond motifs is 1. The summed E-state index contributed by atoms with van der Waals surface area (Å²) in [5, 5.41) is 11.8. The second kappa shape index (κ2) is 7.18. The summed E-state index contributed by atoms with van der Waals surface area (Å²) in [4.78, 5) is 22.9. The molecule has 1 aliphatic rings. The molecule has 134 valence electrons. The number of anilines is 1. The topological polar surface area (TPSA) is 94.1 Å². The Morgan fingerprint density at radius 3 is 2.73 bits per heavy atom. The summed E-state index contributed by atoms with van der Waals surface area (Å²) in [7, 11) is 2.96. The first-order valence-corrected chi connectivity index (χ1v) is 7.77. The maximum absolute atomic E-state index is 12.3. The van der Waals surface area contributed by atoms with Gasteiger partial charge in [0.1, 0.15) is 5.56 Å². The van der Waals surface area contributed by atoms with Gasteiger partial charge in [0, 0.05) is 17.3 Å². The number of hydrogen-bond donors (Lipinski definition) is 2. The van der Waals surface area contributed by atoms with Gasteiger partial charge in [-0.05, 0) is 35.9 Å². The Bertz CT molecular complexity index is 890. The van der Waals surface area contributed by atoms with Crippen LogP contribution in [0.4, 0.5) is 5.69 Å². The normalized spacial score (nSPS) is 15.5. The standard InChI is InChI=1S/C19H17NO6/c1-24-14-8-7-13-16(17(14)25-2)19(23)26-18(13)20-12-5-3-4-11(10-12)6-9-15(21)22/h3-10,18,20H,1-2H3,(H,21,22). The number of benzene rings is 2. The number of carboxylic acids is 1. The molecule has 0 amide bonds. The number of carbonyl (C=O) groups excluding carboxylic acids is 1. The van der Waals surface area contributed by atoms with Crippen LogP contribution in [-0.4, -0.2) is 31.3 Å². The molecule has 0 spiro atoms. The van der Waals surface area contributed by atoms with Crippen LogP contribution in [0.1, 0.15) is 27.7 Å². The highest BCUT2D eigenvalue weighted by Gasteiger charge is 2.35. The van der Waals surface area contributed by atoms with E-state index in [0.717, 1.165) is 6.08 Å². The van der Waals surface area contributed by atoms with Gasteiger partial charge in [0.05, 0.1) is 14.2 Å². The van der Waals surface area contributed by atoms with E-state index in [1.54, 1.807) is 36.4 Å². The largest absolute Gasteiger partial charge is 0.493 e. The quantitative estimate of drug-likeness (QED) is 0.607. The van der Waals surface area contributed by atoms with Crippen molar-refractivity contribution in [2.45, 2.75) is 6.23 Å². The average Bonchev–Trinajstić information content (AvgIpc) is 2.95. The van der Waals surface area contributed by atoms with Crippen LogP contribution in [0.25, 0.3) is 6.08 Å². The zero-order valence-corrected chi connectivity index (χ0v) is 14.2. The maximum Gasteiger partial charge on any atom is 0.344 e. The third-order valence-electron chi connectivity index (χ3n) is 3.89. The summed E-state index contributed by atoms with van der Waals surface area (Å²) < 4.78 is 15.9. The van der Waals surface area contributed by atoms with E-state index in [1.165, 1.54) is 20.3 Å². The first-order valence-electron chi connectivity index (χ1n) is 7.77. The maximum atomic E-state index is 12.3. The van der Waals surface area contributed by atoms with Crippen molar-refractivity contribution >= 4 is 23.7 Å². The molecule has 0 saturated heterocycles. The highest BCUT2D eigenvalue weighted by atomic mass is 16.6. The van der Waals surface area contributed by atoms with Crippen LogP contribution in [0.5, 0.6) is 11.5 Å². The van der Waals surface area contributed by atoms with E-state index in [2.05, 4.69) is 5.32 Å². The molecule has 0 radical (unpaired) electrons. The smallest absolute Gasteiger partial charge is 0.344 e. The third kappa shape index (κ3) is 3.32. The second-order valence-corrected chi connectivity index (χ2v) is 5.49. The summed E-state index contributed by atoms with van der Waals surface area (Å²) in [5.74, 6) is -0.750. The molecule has 7 heteroatoms. The van der Waals surface area contributed by atoms with E-state index in [9.17, 15) is 9.59 Å². The Morgan fingerprint density at radius 2 is 2.04 bits per heavy atom. The van der Waals surface area contributed by atoms with Gasteiger partial charge in [-0.1, -0.05) is 12.1 Å². The predicted molar refractivity (Wildman–Crippen MR) is 94.4 cm³/mol. The first-order chi connectivity index (χ1) is 12.5. The van der Waals surface area contributed by atoms with Crippen LogP contribution in [0.15, 0.2) is 42.5 Å². The molecule has 26 heavy (non-hydrogen) atoms. The SMILES string of the molecule is COc1ccc2c(c1OC)C(=O)OC2Nc1cccc(C=CC(=O)O)c1. The molecule has 3 rings (SSSR count). The molecule has 1 unspecified atom stereocenters. The van der Waals surface area contributed by atoms with Gasteiger partial charge in [0.2, 0.25) is 6.23 Å². The minimum atomic E-state index is -1.02. The Labute approximate surface area is 149 Å². The first kappa shape index (κ1) is 17.3. The van der Waals surface area contributed by atoms with E-state index < -0.39 is 18.2 Å². The highest BCUT2D eigenvalue weighted by Crippen LogP contribution is 2.42. The average molecular weight is 355 g/mol. The lowest BCUT2D eigenvalue weighted by Crippen LogP contribution is -2.10. The number of cyclic esters (lactones) is 1. The van der Waals surface area contributed by atoms with Gasteiger partial charge in [-0.15, -0.1) is 0 Å². The molecule has 0 bridgehead atoms. The molecule has 0 aromatic heterocycles. The summed E-state index contributed by atoms with van der Waals surface area (Å²) in [6.07, 6.45) is 1.85. The van der Waals surface area contributed by atoms with E-state index in [0.29, 0.717) is 33.9 Å². The number of ether oxygens (including phenoxy) is 3. The molecule has 1 heterocycles. The molecule has 0 saturated carbocycles. The van der Waals surface area contributed by atoms with Crippen molar-refractivity contribution in [1.29, 1.82) is 0 Å². The Kier molecular flexibility index (Phi) is 4.79. The molecular weight excluding hydrogens is 338 g/mol. The van der Waals surface area contributed by atoms with Gasteiger partial charge >= 0.3 is 11.9 Å². The molecular formula is C19H17NO6. The van der Waals surface area contributed by atoms with Crippen LogP contribution in [0, 0.1) is 0 Å². The van der Waals surface area contributed by atoms with Crippen molar-refractivity contribution < 1.29 is 28.9 Å². The van der Waals surface area contributed by atoms with Crippen molar-refractivity contribution in [3.05, 3.63) is 59.2 Å². The number of esters is 1. The Hall–Kier alpha value is -3.48. The number of aliphatic carboxylic acids is 1. The van der Waals surface area contributed by atoms with E-state index >= 15 is 0 Å². The number of carbonyl (C=O) groups is 2. The number of rotatable bonds is 6. The van der Waals surface area contributed by atoms with E-state index in [4.69, 9.17) is 19.3 Å². The Balaban J connectivity index is 1.89. The fourth-order valence-corrected chi connectivity index (χ4v) is 2.76. The second-order valence-electron chi connectivity index (χ2n) is 5.49. The predicted octanol–water partition coefficient (Wildman–Crippen LogP) is 3.08. The zero-order valence-electron chi connectivity index (χ0n) is 14.2. The third-order valence-corrected chi connectivity index (χ3v) is 3.89. The number of methoxy groups -OCH3 is 2. The number of carboxylic acid groups (broad SMARTS) is 1. The lowest BCUT2D eigenvalue weighted by atomic mass is 10.1. The highest BCUT2D eigenvalue weighted by molar-refractivity contribution is 5.98. The molecule has 1 atom stereocenters. The van der Waals surface area contributed by atoms with Gasteiger partial charge in [-0.25, -0.2) is 9.59 Å². The minimum absolute atomic E-state index is 0.325. The summed E-state index contributed by atoms with van der Waals surface area (Å²) >= 11 is 0. The van der Waals surface area contributed by atoms with Crippen molar-refractivity contribution in [2.24, 2.45) is 0 Å². The monoisotopic (exact) mass is 355 g/mol. The van der Waals surface area contributed by atoms with Crippen molar-refractivity contribution in [3.8, 4) is 11.5 Å². The lowest BCUT2D eigenvalue weighted by molar-refractivity contribution is -0.131. The van der Waals surface area contributed by atoms with E-state index in [-0.39, 0.29) is 0 Å². The fourth-order valence-electron chi connectivity index (χ4n) is 2.76. The van der Waals surface area contributed by atoms with Crippen LogP contribution in [0.2, 0.25) is 0 Å². The van der Waals surface area contributed by atoms with Gasteiger partial charge in [-0.2, -0.15) is 0 Å². The molecule has 0 aliphatic carbocycles. The lowest BCUT2D eigenvalue weighted by Gasteiger charge is -2.15. The number of hydrogen-bond acceptors (Lipinski definition) is 6. The van der Waals surface area contributed by atoms with Crippen LogP contribution >= 0.6 is 0 Å². The molecule has 0 fully saturated rings. The van der Waals surface area contributed by atoms with Gasteiger partial charge in [0.15, 0.2) is 11.5 Å². The fraction of sp³-hybridized carbons (Fsp3) is 0.158. The van der Waals surface area contributed by atoms with Gasteiger partial charge in [0.25, 0.3) is 0 Å². The van der Waals surface area contributed by atoms with Crippen LogP contribution in [0.3, 0.4) is 0 Å². The molecule has 1 aliphatic heterocycles. The minimum Gasteiger partial charge on any atom is -0.493 e. The van der Waals surface area contributed by atoms with Crippen molar-refractivity contribution in [1.82, 2.24) is 0 Å². The summed E-state index contributed by atoms with van der Waals surface area (Å²) in [6, 6.07) is 10.5. The van der Waals surface area contributed by atoms with Gasteiger partial charge < -0.3 is 24.6 Å². The molecule has 2 aromatic rings. The van der Waals surface area contributed by atoms with Crippen LogP contribution < -0.4 is 14.8 Å². The van der Waals surface area contributed by atoms with Crippen molar-refractivity contribution in [3.63, 3.8) is 0 Å². The Morgan fingerprint density at radius 1 is 1.23 bits per heavy atom. The van der Waals surface area contributed by atoms with Crippen LogP contribution in [-0.2, 0) is 9.53 Å². The molecule has 2 N–H and O–H groups in total. The summed E-state index contributed by atoms with van der Waals surface area (Å²) in [6.45, 7) is 0. The number of nitrogens with one attached hydrogen (secondary N) is 1. The van der Waals surface area contributed by atoms with Gasteiger partial charge in [-0.3, -0.25) is 0 Å². The van der Waals surface area contributed by atoms with E-state index in [1.807, 2.05) is 0 Å². The summed E-state index contributed by atoms with van der Waals surface area (Å²) in [5.41, 5.74) is 2.35. The molecule has 2 aromatic carbocycles. The molecule has 7 nitrogen and oxygen atoms in total.